The molecule has 2 aromatic heterocycles. The van der Waals surface area contributed by atoms with E-state index in [1.807, 2.05) is 0 Å². The van der Waals surface area contributed by atoms with Crippen LogP contribution in [0.1, 0.15) is 357 Å². The van der Waals surface area contributed by atoms with Crippen molar-refractivity contribution in [2.45, 2.75) is 374 Å². The number of rotatable bonds is 64. The van der Waals surface area contributed by atoms with Gasteiger partial charge in [0.2, 0.25) is 12.3 Å². The lowest BCUT2D eigenvalue weighted by Gasteiger charge is -2.25. The number of esters is 1. The number of nitrogens with one attached hydrogen (secondary N) is 1. The van der Waals surface area contributed by atoms with Crippen LogP contribution in [-0.2, 0) is 41.9 Å². The molecule has 3 aromatic rings. The number of ketones is 1. The van der Waals surface area contributed by atoms with Crippen molar-refractivity contribution in [2.24, 2.45) is 0 Å². The molecule has 2 aliphatic rings. The molecule has 606 valence electrons. The fourth-order valence-electron chi connectivity index (χ4n) is 13.9. The Morgan fingerprint density at radius 3 is 1.39 bits per heavy atom. The Bertz CT molecular complexity index is 3290. The van der Waals surface area contributed by atoms with Crippen LogP contribution >= 0.6 is 7.82 Å². The van der Waals surface area contributed by atoms with Gasteiger partial charge in [0.25, 0.3) is 17.0 Å². The van der Waals surface area contributed by atoms with E-state index in [9.17, 15) is 33.6 Å². The highest BCUT2D eigenvalue weighted by Crippen LogP contribution is 2.54. The first-order valence-electron chi connectivity index (χ1n) is 41.8. The number of ether oxygens (including phenoxy) is 6. The third-order valence-corrected chi connectivity index (χ3v) is 21.9. The van der Waals surface area contributed by atoms with E-state index in [-0.39, 0.29) is 66.2 Å². The maximum absolute atomic E-state index is 15.3. The highest BCUT2D eigenvalue weighted by molar-refractivity contribution is 7.48. The van der Waals surface area contributed by atoms with Crippen LogP contribution in [0.4, 0.5) is 0 Å². The standard InChI is InChI=1S/C83H136N5O18P/c1-8-11-14-17-20-23-26-29-32-35-38-41-44-47-53-98-71-57-68(58-72(99-54-48-45-42-39-36-33-30-27-24-21-18-15-12-9-2)78(71)100-55-49-46-43-40-37-34-31-28-25-22-19-16-13-10-3)81(94)88-80(93)66(5)62-87(83(88)96)76-59-69(105-77(91)51-50-67(6)90)74(104-76)64-102-107(97,101-56-52-84-7)106-70-60-75(103-73(70)63-89)86-61-65(4)79(92)85-82(86)95/h57-58,61-62,69-70,73-76,89H,8-56,59-60,63-64H2,1-6H3,(H,85,92,95)/t69?,70?,73-,74-,75-,76-,107?/m1/s1. The van der Waals surface area contributed by atoms with Crippen molar-refractivity contribution in [2.75, 3.05) is 46.2 Å². The van der Waals surface area contributed by atoms with Crippen LogP contribution in [0.5, 0.6) is 17.2 Å². The zero-order valence-electron chi connectivity index (χ0n) is 66.4. The molecular weight excluding hydrogens is 1390 g/mol. The first kappa shape index (κ1) is 91.9. The third kappa shape index (κ3) is 35.5. The first-order valence-corrected chi connectivity index (χ1v) is 43.2. The Hall–Kier alpha value is -5.73. The van der Waals surface area contributed by atoms with E-state index in [1.54, 1.807) is 0 Å². The Kier molecular flexibility index (Phi) is 47.1. The van der Waals surface area contributed by atoms with Gasteiger partial charge in [-0.05, 0) is 52.2 Å². The number of phosphoric ester groups is 1. The van der Waals surface area contributed by atoms with Crippen molar-refractivity contribution in [1.29, 1.82) is 0 Å². The highest BCUT2D eigenvalue weighted by Gasteiger charge is 2.46. The van der Waals surface area contributed by atoms with Gasteiger partial charge in [0, 0.05) is 48.3 Å². The minimum Gasteiger partial charge on any atom is -0.490 e. The average Bonchev–Trinajstić information content (AvgIpc) is 1.72. The molecule has 24 heteroatoms. The van der Waals surface area contributed by atoms with Crippen molar-refractivity contribution in [3.8, 4) is 17.2 Å². The molecule has 2 aliphatic heterocycles. The van der Waals surface area contributed by atoms with Crippen molar-refractivity contribution in [3.63, 3.8) is 0 Å². The van der Waals surface area contributed by atoms with Gasteiger partial charge < -0.3 is 43.2 Å². The number of aliphatic hydroxyl groups is 1. The number of hydrogen-bond acceptors (Lipinski definition) is 18. The van der Waals surface area contributed by atoms with E-state index in [4.69, 9.17) is 48.6 Å². The number of H-pyrrole nitrogens is 1. The Balaban J connectivity index is 1.41. The largest absolute Gasteiger partial charge is 0.490 e. The van der Waals surface area contributed by atoms with Crippen LogP contribution < -0.4 is 36.7 Å². The van der Waals surface area contributed by atoms with E-state index >= 15 is 9.59 Å². The van der Waals surface area contributed by atoms with Gasteiger partial charge in [-0.1, -0.05) is 271 Å². The second kappa shape index (κ2) is 54.8. The van der Waals surface area contributed by atoms with Gasteiger partial charge in [-0.15, -0.1) is 0 Å². The van der Waals surface area contributed by atoms with Gasteiger partial charge in [0.05, 0.1) is 39.5 Å². The van der Waals surface area contributed by atoms with Gasteiger partial charge in [-0.2, -0.15) is 4.57 Å². The maximum atomic E-state index is 15.3. The topological polar surface area (TPSA) is 275 Å². The van der Waals surface area contributed by atoms with E-state index in [0.717, 1.165) is 86.2 Å². The Morgan fingerprint density at radius 1 is 0.542 bits per heavy atom. The third-order valence-electron chi connectivity index (χ3n) is 20.4. The van der Waals surface area contributed by atoms with Gasteiger partial charge >= 0.3 is 25.2 Å². The summed E-state index contributed by atoms with van der Waals surface area (Å²) in [7, 11) is -4.82. The molecular formula is C83H136N5O18P. The maximum Gasteiger partial charge on any atom is 0.475 e. The van der Waals surface area contributed by atoms with Crippen LogP contribution in [0.25, 0.3) is 4.85 Å². The monoisotopic (exact) mass is 1520 g/mol. The van der Waals surface area contributed by atoms with E-state index in [2.05, 4.69) is 30.6 Å². The van der Waals surface area contributed by atoms with Crippen molar-refractivity contribution >= 4 is 25.5 Å². The summed E-state index contributed by atoms with van der Waals surface area (Å²) in [6, 6.07) is 3.04. The van der Waals surface area contributed by atoms with Gasteiger partial charge in [-0.3, -0.25) is 46.9 Å². The molecule has 2 fully saturated rings. The smallest absolute Gasteiger partial charge is 0.475 e. The van der Waals surface area contributed by atoms with Gasteiger partial charge in [0.1, 0.15) is 49.3 Å². The summed E-state index contributed by atoms with van der Waals surface area (Å²) in [4.78, 5) is 101. The molecule has 5 rings (SSSR count). The number of carbonyl (C=O) groups is 3. The Labute approximate surface area is 638 Å². The molecule has 1 aromatic carbocycles. The number of unbranched alkanes of at least 4 members (excludes halogenated alkanes) is 39. The van der Waals surface area contributed by atoms with Crippen molar-refractivity contribution in [3.05, 3.63) is 94.3 Å². The van der Waals surface area contributed by atoms with E-state index in [1.165, 1.54) is 238 Å². The van der Waals surface area contributed by atoms with Crippen LogP contribution in [0.2, 0.25) is 0 Å². The zero-order chi connectivity index (χ0) is 77.3. The second-order valence-corrected chi connectivity index (χ2v) is 31.4. The summed E-state index contributed by atoms with van der Waals surface area (Å²) in [6.07, 6.45) is 44.5. The summed E-state index contributed by atoms with van der Waals surface area (Å²) in [6.45, 7) is 17.3. The van der Waals surface area contributed by atoms with Crippen LogP contribution in [0.3, 0.4) is 0 Å². The summed E-state index contributed by atoms with van der Waals surface area (Å²) in [5.41, 5.74) is -3.30. The summed E-state index contributed by atoms with van der Waals surface area (Å²) in [5, 5.41) is 10.4. The lowest BCUT2D eigenvalue weighted by atomic mass is 10.0. The van der Waals surface area contributed by atoms with E-state index < -0.39 is 98.9 Å². The van der Waals surface area contributed by atoms with Gasteiger partial charge in [-0.25, -0.2) is 20.7 Å². The fourth-order valence-corrected chi connectivity index (χ4v) is 15.3. The molecule has 0 radical (unpaired) electrons. The van der Waals surface area contributed by atoms with Crippen LogP contribution in [-0.4, -0.2) is 112 Å². The molecule has 0 saturated carbocycles. The number of carbonyl (C=O) groups excluding carboxylic acids is 3. The number of aromatic amines is 1. The Morgan fingerprint density at radius 2 is 0.953 bits per heavy atom. The minimum atomic E-state index is -4.82. The predicted molar refractivity (Wildman–Crippen MR) is 419 cm³/mol. The first-order chi connectivity index (χ1) is 52.0. The molecule has 0 spiro atoms. The fraction of sp³-hybridized carbons (Fsp3) is 0.783. The number of hydrogen-bond donors (Lipinski definition) is 2. The van der Waals surface area contributed by atoms with Crippen LogP contribution in [0, 0.1) is 20.4 Å². The minimum absolute atomic E-state index is 0.0196. The summed E-state index contributed by atoms with van der Waals surface area (Å²) in [5.74, 6) is -1.18. The SMILES string of the molecule is [C-]#[N+]CCOP(=O)(OC[C@H]1O[C@@H](n2cc(C)c(=O)n(C(=O)c3cc(OCCCCCCCCCCCCCCCC)c(OCCCCCCCCCCCCCCCC)c(OCCCCCCCCCCCCCCCC)c3)c2=O)CC1OC(=O)CCC(C)=O)OC1C[C@H](n2cc(C)c(=O)[nH]c2=O)O[C@@H]1CO. The molecule has 2 N–H and O–H groups in total. The molecule has 4 heterocycles. The molecule has 0 amide bonds. The zero-order valence-corrected chi connectivity index (χ0v) is 67.3. The number of Topliss-reactive ketones (excluding diaryl/α,β-unsaturated/α-hetero) is 1. The van der Waals surface area contributed by atoms with Crippen LogP contribution in [0.15, 0.2) is 43.7 Å². The normalized spacial score (nSPS) is 17.7. The number of aromatic nitrogens is 4. The van der Waals surface area contributed by atoms with Crippen molar-refractivity contribution in [1.82, 2.24) is 18.7 Å². The molecule has 2 saturated heterocycles. The molecule has 0 aliphatic carbocycles. The van der Waals surface area contributed by atoms with Crippen molar-refractivity contribution < 1.29 is 66.0 Å². The number of aliphatic hydroxyl groups excluding tert-OH is 1. The predicted octanol–water partition coefficient (Wildman–Crippen LogP) is 18.7. The van der Waals surface area contributed by atoms with Gasteiger partial charge in [0.15, 0.2) is 11.5 Å². The lowest BCUT2D eigenvalue weighted by Crippen LogP contribution is -2.45. The quantitative estimate of drug-likeness (QED) is 0.0230. The molecule has 23 nitrogen and oxygen atoms in total. The highest BCUT2D eigenvalue weighted by atomic mass is 31.2. The summed E-state index contributed by atoms with van der Waals surface area (Å²) < 4.78 is 73.1. The number of benzene rings is 1. The molecule has 3 unspecified atom stereocenters. The number of phosphoric acid groups is 1. The second-order valence-electron chi connectivity index (χ2n) is 29.8. The molecule has 7 atom stereocenters. The van der Waals surface area contributed by atoms with E-state index in [0.29, 0.717) is 30.1 Å². The number of nitrogens with zero attached hydrogens (tertiary/aromatic N) is 4. The summed E-state index contributed by atoms with van der Waals surface area (Å²) >= 11 is 0. The molecule has 0 bridgehead atoms. The molecule has 107 heavy (non-hydrogen) atoms. The number of aryl methyl sites for hydroxylation is 2. The lowest BCUT2D eigenvalue weighted by molar-refractivity contribution is -0.153. The average molecular weight is 1520 g/mol.